The minimum absolute atomic E-state index is 0.126. The number of nitrogens with zero attached hydrogens (tertiary/aromatic N) is 4. The fraction of sp³-hybridized carbons (Fsp3) is 0.211. The van der Waals surface area contributed by atoms with Crippen molar-refractivity contribution < 1.29 is 0 Å². The first kappa shape index (κ1) is 17.5. The van der Waals surface area contributed by atoms with Crippen LogP contribution in [0.25, 0.3) is 15.9 Å². The van der Waals surface area contributed by atoms with E-state index in [1.165, 1.54) is 11.8 Å². The van der Waals surface area contributed by atoms with Crippen LogP contribution in [0.15, 0.2) is 58.0 Å². The van der Waals surface area contributed by atoms with Crippen molar-refractivity contribution >= 4 is 44.9 Å². The molecule has 0 aliphatic carbocycles. The molecule has 0 radical (unpaired) electrons. The number of halogens is 1. The van der Waals surface area contributed by atoms with Gasteiger partial charge in [-0.1, -0.05) is 56.6 Å². The normalized spacial score (nSPS) is 12.0. The van der Waals surface area contributed by atoms with E-state index < -0.39 is 0 Å². The van der Waals surface area contributed by atoms with E-state index in [0.717, 1.165) is 31.2 Å². The van der Waals surface area contributed by atoms with Crippen LogP contribution < -0.4 is 0 Å². The highest BCUT2D eigenvalue weighted by atomic mass is 35.5. The van der Waals surface area contributed by atoms with Gasteiger partial charge in [-0.15, -0.1) is 21.5 Å². The van der Waals surface area contributed by atoms with Crippen molar-refractivity contribution in [3.8, 4) is 5.69 Å². The second kappa shape index (κ2) is 6.68. The molecule has 0 unspecified atom stereocenters. The molecule has 4 nitrogen and oxygen atoms in total. The van der Waals surface area contributed by atoms with E-state index in [2.05, 4.69) is 52.7 Å². The van der Waals surface area contributed by atoms with Gasteiger partial charge in [0.25, 0.3) is 0 Å². The molecule has 2 aromatic carbocycles. The number of aromatic nitrogens is 4. The number of benzene rings is 2. The molecule has 2 heterocycles. The first-order valence-electron chi connectivity index (χ1n) is 8.18. The molecule has 0 aliphatic rings. The maximum absolute atomic E-state index is 6.27. The Hall–Kier alpha value is -1.89. The van der Waals surface area contributed by atoms with Crippen LogP contribution in [0.2, 0.25) is 5.02 Å². The highest BCUT2D eigenvalue weighted by molar-refractivity contribution is 8.01. The first-order valence-corrected chi connectivity index (χ1v) is 10.2. The van der Waals surface area contributed by atoms with Gasteiger partial charge in [0.05, 0.1) is 9.72 Å². The topological polar surface area (TPSA) is 43.6 Å². The van der Waals surface area contributed by atoms with Gasteiger partial charge in [0, 0.05) is 11.1 Å². The highest BCUT2D eigenvalue weighted by Crippen LogP contribution is 2.38. The van der Waals surface area contributed by atoms with E-state index in [-0.39, 0.29) is 5.41 Å². The van der Waals surface area contributed by atoms with Gasteiger partial charge in [-0.3, -0.25) is 4.57 Å². The number of fused-ring (bicyclic) bond motifs is 1. The molecular weight excluding hydrogens is 384 g/mol. The third-order valence-electron chi connectivity index (χ3n) is 3.85. The summed E-state index contributed by atoms with van der Waals surface area (Å²) in [6.45, 7) is 6.42. The highest BCUT2D eigenvalue weighted by Gasteiger charge is 2.25. The van der Waals surface area contributed by atoms with E-state index >= 15 is 0 Å². The zero-order chi connectivity index (χ0) is 18.3. The fourth-order valence-corrected chi connectivity index (χ4v) is 4.96. The third-order valence-corrected chi connectivity index (χ3v) is 6.18. The largest absolute Gasteiger partial charge is 0.273 e. The molecule has 0 saturated heterocycles. The molecule has 4 aromatic rings. The molecule has 0 atom stereocenters. The van der Waals surface area contributed by atoms with Gasteiger partial charge >= 0.3 is 0 Å². The third kappa shape index (κ3) is 3.24. The molecule has 0 spiro atoms. The summed E-state index contributed by atoms with van der Waals surface area (Å²) in [4.78, 5) is 4.68. The van der Waals surface area contributed by atoms with E-state index in [9.17, 15) is 0 Å². The van der Waals surface area contributed by atoms with Gasteiger partial charge in [0.2, 0.25) is 5.16 Å². The van der Waals surface area contributed by atoms with Gasteiger partial charge < -0.3 is 0 Å². The van der Waals surface area contributed by atoms with Crippen molar-refractivity contribution in [2.75, 3.05) is 0 Å². The molecule has 4 rings (SSSR count). The lowest BCUT2D eigenvalue weighted by atomic mass is 9.95. The maximum Gasteiger partial charge on any atom is 0.202 e. The summed E-state index contributed by atoms with van der Waals surface area (Å²) < 4.78 is 4.08. The van der Waals surface area contributed by atoms with E-state index in [1.54, 1.807) is 11.3 Å². The van der Waals surface area contributed by atoms with Crippen LogP contribution in [0.3, 0.4) is 0 Å². The van der Waals surface area contributed by atoms with Crippen molar-refractivity contribution in [1.82, 2.24) is 19.7 Å². The second-order valence-corrected chi connectivity index (χ2v) is 9.55. The Morgan fingerprint density at radius 2 is 1.77 bits per heavy atom. The molecule has 26 heavy (non-hydrogen) atoms. The van der Waals surface area contributed by atoms with Crippen molar-refractivity contribution in [3.63, 3.8) is 0 Å². The van der Waals surface area contributed by atoms with Crippen molar-refractivity contribution in [3.05, 3.63) is 59.4 Å². The predicted octanol–water partition coefficient (Wildman–Crippen LogP) is 5.98. The smallest absolute Gasteiger partial charge is 0.202 e. The van der Waals surface area contributed by atoms with Crippen LogP contribution in [0.4, 0.5) is 0 Å². The average Bonchev–Trinajstić information content (AvgIpc) is 3.20. The zero-order valence-corrected chi connectivity index (χ0v) is 17.0. The van der Waals surface area contributed by atoms with Gasteiger partial charge in [-0.2, -0.15) is 0 Å². The molecule has 0 saturated carbocycles. The summed E-state index contributed by atoms with van der Waals surface area (Å²) in [6.07, 6.45) is 0. The Bertz CT molecular complexity index is 1060. The number of hydrogen-bond acceptors (Lipinski definition) is 5. The minimum Gasteiger partial charge on any atom is -0.273 e. The van der Waals surface area contributed by atoms with Crippen molar-refractivity contribution in [2.24, 2.45) is 0 Å². The maximum atomic E-state index is 6.27. The van der Waals surface area contributed by atoms with Crippen molar-refractivity contribution in [1.29, 1.82) is 0 Å². The van der Waals surface area contributed by atoms with Gasteiger partial charge in [-0.05, 0) is 36.0 Å². The van der Waals surface area contributed by atoms with Crippen molar-refractivity contribution in [2.45, 2.75) is 35.7 Å². The lowest BCUT2D eigenvalue weighted by Crippen LogP contribution is -2.18. The quantitative estimate of drug-likeness (QED) is 0.424. The number of para-hydroxylation sites is 2. The Kier molecular flexibility index (Phi) is 4.50. The van der Waals surface area contributed by atoms with Gasteiger partial charge in [-0.25, -0.2) is 4.98 Å². The molecular formula is C19H17ClN4S2. The van der Waals surface area contributed by atoms with Crippen LogP contribution in [-0.2, 0) is 5.41 Å². The predicted molar refractivity (Wildman–Crippen MR) is 109 cm³/mol. The van der Waals surface area contributed by atoms with Crippen LogP contribution in [0, 0.1) is 0 Å². The minimum atomic E-state index is -0.126. The average molecular weight is 401 g/mol. The first-order chi connectivity index (χ1) is 12.4. The Balaban J connectivity index is 1.81. The molecule has 0 amide bonds. The summed E-state index contributed by atoms with van der Waals surface area (Å²) in [5, 5.41) is 10.4. The lowest BCUT2D eigenvalue weighted by molar-refractivity contribution is 0.529. The summed E-state index contributed by atoms with van der Waals surface area (Å²) >= 11 is 9.40. The van der Waals surface area contributed by atoms with Gasteiger partial charge in [0.1, 0.15) is 11.3 Å². The van der Waals surface area contributed by atoms with Crippen LogP contribution >= 0.6 is 34.7 Å². The van der Waals surface area contributed by atoms with Gasteiger partial charge in [0.15, 0.2) is 4.34 Å². The number of thiazole rings is 1. The Morgan fingerprint density at radius 3 is 2.46 bits per heavy atom. The number of hydrogen-bond donors (Lipinski definition) is 0. The fourth-order valence-electron chi connectivity index (χ4n) is 2.65. The van der Waals surface area contributed by atoms with E-state index in [1.807, 2.05) is 36.4 Å². The van der Waals surface area contributed by atoms with Crippen LogP contribution in [0.5, 0.6) is 0 Å². The van der Waals surface area contributed by atoms with E-state index in [0.29, 0.717) is 5.02 Å². The SMILES string of the molecule is CC(C)(C)c1nnc(Sc2nc3c(Cl)cccc3s2)n1-c1ccccc1. The Labute approximate surface area is 165 Å². The number of rotatable bonds is 3. The molecule has 7 heteroatoms. The molecule has 2 aromatic heterocycles. The molecule has 0 fully saturated rings. The molecule has 0 aliphatic heterocycles. The van der Waals surface area contributed by atoms with Crippen LogP contribution in [0.1, 0.15) is 26.6 Å². The zero-order valence-electron chi connectivity index (χ0n) is 14.6. The monoisotopic (exact) mass is 400 g/mol. The summed E-state index contributed by atoms with van der Waals surface area (Å²) in [5.41, 5.74) is 1.76. The molecule has 0 bridgehead atoms. The Morgan fingerprint density at radius 1 is 1.00 bits per heavy atom. The second-order valence-electron chi connectivity index (χ2n) is 6.90. The molecule has 0 N–H and O–H groups in total. The summed E-state index contributed by atoms with van der Waals surface area (Å²) in [6, 6.07) is 16.0. The standard InChI is InChI=1S/C19H17ClN4S2/c1-19(2,3)16-22-23-17(24(16)12-8-5-4-6-9-12)26-18-21-15-13(20)10-7-11-14(15)25-18/h4-11H,1-3H3. The van der Waals surface area contributed by atoms with E-state index in [4.69, 9.17) is 11.6 Å². The summed E-state index contributed by atoms with van der Waals surface area (Å²) in [5.74, 6) is 0.922. The van der Waals surface area contributed by atoms with Crippen LogP contribution in [-0.4, -0.2) is 19.7 Å². The lowest BCUT2D eigenvalue weighted by Gasteiger charge is -2.19. The summed E-state index contributed by atoms with van der Waals surface area (Å²) in [7, 11) is 0. The molecule has 132 valence electrons.